The zero-order chi connectivity index (χ0) is 11.5. The molecule has 1 heterocycles. The van der Waals surface area contributed by atoms with Crippen LogP contribution in [0.15, 0.2) is 48.7 Å². The summed E-state index contributed by atoms with van der Waals surface area (Å²) in [7, 11) is 4.15. The molecule has 2 nitrogen and oxygen atoms in total. The first-order valence-electron chi connectivity index (χ1n) is 5.44. The van der Waals surface area contributed by atoms with Crippen LogP contribution in [0.2, 0.25) is 0 Å². The summed E-state index contributed by atoms with van der Waals surface area (Å²) in [4.78, 5) is 2.20. The number of anilines is 2. The van der Waals surface area contributed by atoms with Gasteiger partial charge in [-0.1, -0.05) is 24.3 Å². The Morgan fingerprint density at radius 2 is 1.69 bits per heavy atom. The van der Waals surface area contributed by atoms with E-state index in [0.29, 0.717) is 0 Å². The molecule has 2 aromatic rings. The number of rotatable bonds is 2. The van der Waals surface area contributed by atoms with E-state index in [1.165, 1.54) is 17.1 Å². The van der Waals surface area contributed by atoms with Gasteiger partial charge in [0.05, 0.1) is 20.3 Å². The number of aromatic nitrogens is 1. The van der Waals surface area contributed by atoms with E-state index in [0.717, 1.165) is 0 Å². The predicted octanol–water partition coefficient (Wildman–Crippen LogP) is 2.59. The molecule has 0 atom stereocenters. The van der Waals surface area contributed by atoms with Crippen LogP contribution in [0, 0.1) is 6.92 Å². The second-order valence-corrected chi connectivity index (χ2v) is 4.02. The molecule has 2 heteroatoms. The summed E-state index contributed by atoms with van der Waals surface area (Å²) in [5.74, 6) is 1.18. The van der Waals surface area contributed by atoms with E-state index in [9.17, 15) is 0 Å². The molecule has 82 valence electrons. The van der Waals surface area contributed by atoms with Crippen molar-refractivity contribution in [3.05, 3.63) is 54.2 Å². The van der Waals surface area contributed by atoms with Crippen molar-refractivity contribution in [1.82, 2.24) is 0 Å². The predicted molar refractivity (Wildman–Crippen MR) is 66.9 cm³/mol. The maximum absolute atomic E-state index is 2.20. The monoisotopic (exact) mass is 213 g/mol. The molecule has 0 spiro atoms. The summed E-state index contributed by atoms with van der Waals surface area (Å²) in [6, 6.07) is 14.6. The van der Waals surface area contributed by atoms with Crippen LogP contribution < -0.4 is 9.47 Å². The number of pyridine rings is 1. The second-order valence-electron chi connectivity index (χ2n) is 4.02. The fourth-order valence-corrected chi connectivity index (χ4v) is 1.93. The first kappa shape index (κ1) is 10.7. The molecule has 0 radical (unpaired) electrons. The Morgan fingerprint density at radius 3 is 2.38 bits per heavy atom. The Morgan fingerprint density at radius 1 is 1.00 bits per heavy atom. The van der Waals surface area contributed by atoms with E-state index in [4.69, 9.17) is 0 Å². The lowest BCUT2D eigenvalue weighted by Gasteiger charge is -2.14. The molecule has 0 saturated carbocycles. The molecule has 0 fully saturated rings. The molecule has 0 amide bonds. The standard InChI is InChI=1S/C14H17N2/c1-12-8-4-5-9-13(12)16(3)14-10-6-7-11-15(14)2/h4-11H,1-3H3/q+1. The van der Waals surface area contributed by atoms with E-state index in [-0.39, 0.29) is 0 Å². The summed E-state index contributed by atoms with van der Waals surface area (Å²) in [6.45, 7) is 2.13. The molecule has 0 unspecified atom stereocenters. The largest absolute Gasteiger partial charge is 0.281 e. The number of aryl methyl sites for hydroxylation is 2. The van der Waals surface area contributed by atoms with Gasteiger partial charge in [-0.3, -0.25) is 0 Å². The molecule has 16 heavy (non-hydrogen) atoms. The molecule has 0 aliphatic heterocycles. The van der Waals surface area contributed by atoms with Crippen LogP contribution in [0.1, 0.15) is 5.56 Å². The van der Waals surface area contributed by atoms with Crippen molar-refractivity contribution in [3.8, 4) is 0 Å². The first-order valence-corrected chi connectivity index (χ1v) is 5.44. The number of nitrogens with zero attached hydrogens (tertiary/aromatic N) is 2. The normalized spacial score (nSPS) is 10.2. The zero-order valence-electron chi connectivity index (χ0n) is 10.0. The molecule has 0 aliphatic carbocycles. The summed E-state index contributed by atoms with van der Waals surface area (Å²) in [5.41, 5.74) is 2.53. The third-order valence-corrected chi connectivity index (χ3v) is 2.85. The molecule has 1 aromatic heterocycles. The fraction of sp³-hybridized carbons (Fsp3) is 0.214. The molecule has 0 saturated heterocycles. The van der Waals surface area contributed by atoms with E-state index < -0.39 is 0 Å². The van der Waals surface area contributed by atoms with E-state index in [1.807, 2.05) is 6.07 Å². The lowest BCUT2D eigenvalue weighted by Crippen LogP contribution is -2.35. The fourth-order valence-electron chi connectivity index (χ4n) is 1.93. The lowest BCUT2D eigenvalue weighted by molar-refractivity contribution is -0.658. The van der Waals surface area contributed by atoms with Crippen molar-refractivity contribution < 1.29 is 4.57 Å². The van der Waals surface area contributed by atoms with Crippen molar-refractivity contribution in [3.63, 3.8) is 0 Å². The van der Waals surface area contributed by atoms with Crippen LogP contribution >= 0.6 is 0 Å². The van der Waals surface area contributed by atoms with Crippen molar-refractivity contribution >= 4 is 11.5 Å². The highest BCUT2D eigenvalue weighted by atomic mass is 15.2. The van der Waals surface area contributed by atoms with E-state index in [2.05, 4.69) is 73.1 Å². The number of para-hydroxylation sites is 1. The van der Waals surface area contributed by atoms with Crippen molar-refractivity contribution in [1.29, 1.82) is 0 Å². The van der Waals surface area contributed by atoms with Gasteiger partial charge >= 0.3 is 0 Å². The van der Waals surface area contributed by atoms with Gasteiger partial charge in [-0.05, 0) is 24.6 Å². The summed E-state index contributed by atoms with van der Waals surface area (Å²) in [6.07, 6.45) is 2.06. The van der Waals surface area contributed by atoms with Crippen LogP contribution in [-0.2, 0) is 7.05 Å². The molecular weight excluding hydrogens is 196 g/mol. The van der Waals surface area contributed by atoms with Crippen LogP contribution in [0.25, 0.3) is 0 Å². The van der Waals surface area contributed by atoms with Crippen LogP contribution in [0.5, 0.6) is 0 Å². The topological polar surface area (TPSA) is 7.12 Å². The van der Waals surface area contributed by atoms with E-state index in [1.54, 1.807) is 0 Å². The van der Waals surface area contributed by atoms with Gasteiger partial charge in [0.15, 0.2) is 0 Å². The Hall–Kier alpha value is -1.83. The third-order valence-electron chi connectivity index (χ3n) is 2.85. The van der Waals surface area contributed by atoms with Crippen molar-refractivity contribution in [2.24, 2.45) is 7.05 Å². The average molecular weight is 213 g/mol. The van der Waals surface area contributed by atoms with Gasteiger partial charge in [0.2, 0.25) is 0 Å². The minimum atomic E-state index is 1.18. The van der Waals surface area contributed by atoms with Crippen LogP contribution in [0.3, 0.4) is 0 Å². The van der Waals surface area contributed by atoms with Gasteiger partial charge in [0, 0.05) is 6.07 Å². The maximum atomic E-state index is 2.20. The second kappa shape index (κ2) is 4.35. The number of benzene rings is 1. The van der Waals surface area contributed by atoms with Crippen molar-refractivity contribution in [2.75, 3.05) is 11.9 Å². The average Bonchev–Trinajstić information content (AvgIpc) is 2.29. The molecule has 0 N–H and O–H groups in total. The number of hydrogen-bond donors (Lipinski definition) is 0. The molecule has 2 rings (SSSR count). The Kier molecular flexibility index (Phi) is 2.91. The third kappa shape index (κ3) is 1.91. The summed E-state index contributed by atoms with van der Waals surface area (Å²) >= 11 is 0. The maximum Gasteiger partial charge on any atom is 0.281 e. The quantitative estimate of drug-likeness (QED) is 0.695. The zero-order valence-corrected chi connectivity index (χ0v) is 10.0. The van der Waals surface area contributed by atoms with Gasteiger partial charge in [-0.2, -0.15) is 0 Å². The lowest BCUT2D eigenvalue weighted by atomic mass is 10.2. The minimum absolute atomic E-state index is 1.18. The Labute approximate surface area is 96.8 Å². The highest BCUT2D eigenvalue weighted by molar-refractivity contribution is 5.60. The smallest absolute Gasteiger partial charge is 0.237 e. The minimum Gasteiger partial charge on any atom is -0.237 e. The summed E-state index contributed by atoms with van der Waals surface area (Å²) in [5, 5.41) is 0. The number of hydrogen-bond acceptors (Lipinski definition) is 1. The highest BCUT2D eigenvalue weighted by Crippen LogP contribution is 2.23. The first-order chi connectivity index (χ1) is 7.70. The Bertz CT molecular complexity index is 446. The van der Waals surface area contributed by atoms with Crippen LogP contribution in [0.4, 0.5) is 11.5 Å². The molecule has 1 aromatic carbocycles. The van der Waals surface area contributed by atoms with Gasteiger partial charge in [0.1, 0.15) is 5.69 Å². The highest BCUT2D eigenvalue weighted by Gasteiger charge is 2.15. The van der Waals surface area contributed by atoms with Gasteiger partial charge in [-0.15, -0.1) is 0 Å². The van der Waals surface area contributed by atoms with E-state index >= 15 is 0 Å². The molecule has 0 aliphatic rings. The van der Waals surface area contributed by atoms with Gasteiger partial charge < -0.3 is 0 Å². The SMILES string of the molecule is Cc1ccccc1N(C)c1cccc[n+]1C. The molecule has 0 bridgehead atoms. The van der Waals surface area contributed by atoms with Crippen molar-refractivity contribution in [2.45, 2.75) is 6.92 Å². The molecular formula is C14H17N2+. The van der Waals surface area contributed by atoms with Gasteiger partial charge in [-0.25, -0.2) is 9.47 Å². The summed E-state index contributed by atoms with van der Waals surface area (Å²) < 4.78 is 2.12. The Balaban J connectivity index is 2.44. The van der Waals surface area contributed by atoms with Gasteiger partial charge in [0.25, 0.3) is 5.82 Å². The van der Waals surface area contributed by atoms with Crippen LogP contribution in [-0.4, -0.2) is 7.05 Å².